The number of rotatable bonds is 4. The predicted molar refractivity (Wildman–Crippen MR) is 83.6 cm³/mol. The smallest absolute Gasteiger partial charge is 0.219 e. The third-order valence-electron chi connectivity index (χ3n) is 4.27. The van der Waals surface area contributed by atoms with Gasteiger partial charge in [-0.15, -0.1) is 0 Å². The average Bonchev–Trinajstić information content (AvgIpc) is 2.42. The van der Waals surface area contributed by atoms with E-state index in [1.54, 1.807) is 11.8 Å². The molecule has 1 aliphatic rings. The van der Waals surface area contributed by atoms with Crippen LogP contribution in [-0.4, -0.2) is 23.9 Å². The van der Waals surface area contributed by atoms with Crippen LogP contribution in [0.2, 0.25) is 0 Å². The van der Waals surface area contributed by atoms with Crippen molar-refractivity contribution in [1.82, 2.24) is 4.90 Å². The van der Waals surface area contributed by atoms with Gasteiger partial charge in [-0.3, -0.25) is 4.79 Å². The zero-order valence-corrected chi connectivity index (χ0v) is 12.9. The van der Waals surface area contributed by atoms with Crippen LogP contribution < -0.4 is 5.32 Å². The minimum atomic E-state index is 0.102. The number of carbonyl (C=O) groups is 1. The SMILES string of the molecule is CC(=O)N(C)Cc1cccc(NC2CCC(C)CC2)c1. The van der Waals surface area contributed by atoms with E-state index in [0.717, 1.165) is 5.92 Å². The van der Waals surface area contributed by atoms with Crippen molar-refractivity contribution < 1.29 is 4.79 Å². The molecule has 1 saturated carbocycles. The summed E-state index contributed by atoms with van der Waals surface area (Å²) in [6.07, 6.45) is 5.17. The lowest BCUT2D eigenvalue weighted by atomic mass is 9.87. The Morgan fingerprint density at radius 2 is 2.00 bits per heavy atom. The Balaban J connectivity index is 1.94. The van der Waals surface area contributed by atoms with E-state index in [1.165, 1.54) is 36.9 Å². The molecule has 0 aliphatic heterocycles. The fourth-order valence-corrected chi connectivity index (χ4v) is 2.78. The van der Waals surface area contributed by atoms with Gasteiger partial charge in [-0.1, -0.05) is 19.1 Å². The Morgan fingerprint density at radius 1 is 1.30 bits per heavy atom. The van der Waals surface area contributed by atoms with E-state index in [4.69, 9.17) is 0 Å². The monoisotopic (exact) mass is 274 g/mol. The lowest BCUT2D eigenvalue weighted by molar-refractivity contribution is -0.128. The van der Waals surface area contributed by atoms with E-state index in [2.05, 4.69) is 36.5 Å². The van der Waals surface area contributed by atoms with Crippen LogP contribution in [-0.2, 0) is 11.3 Å². The third kappa shape index (κ3) is 4.26. The highest BCUT2D eigenvalue weighted by Crippen LogP contribution is 2.26. The zero-order valence-electron chi connectivity index (χ0n) is 12.9. The van der Waals surface area contributed by atoms with Gasteiger partial charge >= 0.3 is 0 Å². The first kappa shape index (κ1) is 14.9. The van der Waals surface area contributed by atoms with Crippen molar-refractivity contribution in [2.24, 2.45) is 5.92 Å². The largest absolute Gasteiger partial charge is 0.382 e. The van der Waals surface area contributed by atoms with Gasteiger partial charge in [0.05, 0.1) is 0 Å². The molecule has 1 aromatic carbocycles. The number of hydrogen-bond donors (Lipinski definition) is 1. The summed E-state index contributed by atoms with van der Waals surface area (Å²) < 4.78 is 0. The first-order chi connectivity index (χ1) is 9.54. The predicted octanol–water partition coefficient (Wildman–Crippen LogP) is 3.66. The van der Waals surface area contributed by atoms with Crippen LogP contribution in [0.1, 0.15) is 45.1 Å². The summed E-state index contributed by atoms with van der Waals surface area (Å²) in [6.45, 7) is 4.62. The molecule has 1 aromatic rings. The maximum atomic E-state index is 11.3. The molecule has 1 amide bonds. The van der Waals surface area contributed by atoms with Crippen LogP contribution >= 0.6 is 0 Å². The maximum Gasteiger partial charge on any atom is 0.219 e. The second-order valence-electron chi connectivity index (χ2n) is 6.18. The molecular weight excluding hydrogens is 248 g/mol. The minimum absolute atomic E-state index is 0.102. The molecule has 0 bridgehead atoms. The lowest BCUT2D eigenvalue weighted by Gasteiger charge is -2.28. The van der Waals surface area contributed by atoms with Gasteiger partial charge in [0, 0.05) is 32.2 Å². The molecule has 3 heteroatoms. The molecule has 0 atom stereocenters. The Hall–Kier alpha value is -1.51. The van der Waals surface area contributed by atoms with E-state index >= 15 is 0 Å². The Morgan fingerprint density at radius 3 is 2.65 bits per heavy atom. The van der Waals surface area contributed by atoms with Crippen LogP contribution in [0.15, 0.2) is 24.3 Å². The number of nitrogens with zero attached hydrogens (tertiary/aromatic N) is 1. The van der Waals surface area contributed by atoms with E-state index in [1.807, 2.05) is 7.05 Å². The quantitative estimate of drug-likeness (QED) is 0.909. The standard InChI is InChI=1S/C17H26N2O/c1-13-7-9-16(10-8-13)18-17-6-4-5-15(11-17)12-19(3)14(2)20/h4-6,11,13,16,18H,7-10,12H2,1-3H3. The summed E-state index contributed by atoms with van der Waals surface area (Å²) in [6, 6.07) is 9.03. The van der Waals surface area contributed by atoms with Crippen molar-refractivity contribution in [2.45, 2.75) is 52.1 Å². The lowest BCUT2D eigenvalue weighted by Crippen LogP contribution is -2.25. The van der Waals surface area contributed by atoms with Gasteiger partial charge in [0.2, 0.25) is 5.91 Å². The molecule has 2 rings (SSSR count). The molecule has 0 unspecified atom stereocenters. The van der Waals surface area contributed by atoms with E-state index < -0.39 is 0 Å². The van der Waals surface area contributed by atoms with Crippen molar-refractivity contribution in [3.8, 4) is 0 Å². The number of amides is 1. The van der Waals surface area contributed by atoms with Crippen LogP contribution in [0.3, 0.4) is 0 Å². The van der Waals surface area contributed by atoms with Crippen LogP contribution in [0, 0.1) is 5.92 Å². The van der Waals surface area contributed by atoms with Crippen molar-refractivity contribution in [3.05, 3.63) is 29.8 Å². The van der Waals surface area contributed by atoms with E-state index in [9.17, 15) is 4.79 Å². The highest BCUT2D eigenvalue weighted by Gasteiger charge is 2.17. The molecular formula is C17H26N2O. The Kier molecular flexibility index (Phi) is 5.05. The number of anilines is 1. The van der Waals surface area contributed by atoms with Crippen LogP contribution in [0.25, 0.3) is 0 Å². The third-order valence-corrected chi connectivity index (χ3v) is 4.27. The molecule has 1 fully saturated rings. The topological polar surface area (TPSA) is 32.3 Å². The molecule has 1 N–H and O–H groups in total. The minimum Gasteiger partial charge on any atom is -0.382 e. The van der Waals surface area contributed by atoms with Gasteiger partial charge in [0.1, 0.15) is 0 Å². The maximum absolute atomic E-state index is 11.3. The van der Waals surface area contributed by atoms with Gasteiger partial charge in [-0.05, 0) is 49.3 Å². The molecule has 20 heavy (non-hydrogen) atoms. The number of nitrogens with one attached hydrogen (secondary N) is 1. The first-order valence-electron chi connectivity index (χ1n) is 7.62. The molecule has 3 nitrogen and oxygen atoms in total. The van der Waals surface area contributed by atoms with Gasteiger partial charge in [0.25, 0.3) is 0 Å². The van der Waals surface area contributed by atoms with Crippen molar-refractivity contribution in [2.75, 3.05) is 12.4 Å². The average molecular weight is 274 g/mol. The van der Waals surface area contributed by atoms with Gasteiger partial charge in [-0.25, -0.2) is 0 Å². The fraction of sp³-hybridized carbons (Fsp3) is 0.588. The Labute approximate surface area is 122 Å². The molecule has 0 spiro atoms. The summed E-state index contributed by atoms with van der Waals surface area (Å²) in [7, 11) is 1.84. The summed E-state index contributed by atoms with van der Waals surface area (Å²) in [4.78, 5) is 13.0. The highest BCUT2D eigenvalue weighted by atomic mass is 16.2. The zero-order chi connectivity index (χ0) is 14.5. The molecule has 0 radical (unpaired) electrons. The highest BCUT2D eigenvalue weighted by molar-refractivity contribution is 5.72. The summed E-state index contributed by atoms with van der Waals surface area (Å²) in [5.41, 5.74) is 2.36. The summed E-state index contributed by atoms with van der Waals surface area (Å²) >= 11 is 0. The van der Waals surface area contributed by atoms with Gasteiger partial charge < -0.3 is 10.2 Å². The van der Waals surface area contributed by atoms with Gasteiger partial charge in [-0.2, -0.15) is 0 Å². The normalized spacial score (nSPS) is 22.4. The van der Waals surface area contributed by atoms with E-state index in [0.29, 0.717) is 12.6 Å². The summed E-state index contributed by atoms with van der Waals surface area (Å²) in [5.74, 6) is 0.980. The van der Waals surface area contributed by atoms with Crippen LogP contribution in [0.5, 0.6) is 0 Å². The number of hydrogen-bond acceptors (Lipinski definition) is 2. The van der Waals surface area contributed by atoms with Crippen molar-refractivity contribution >= 4 is 11.6 Å². The number of benzene rings is 1. The first-order valence-corrected chi connectivity index (χ1v) is 7.62. The molecule has 0 saturated heterocycles. The molecule has 110 valence electrons. The van der Waals surface area contributed by atoms with Crippen LogP contribution in [0.4, 0.5) is 5.69 Å². The fourth-order valence-electron chi connectivity index (χ4n) is 2.78. The van der Waals surface area contributed by atoms with Crippen molar-refractivity contribution in [3.63, 3.8) is 0 Å². The summed E-state index contributed by atoms with van der Waals surface area (Å²) in [5, 5.41) is 3.64. The second kappa shape index (κ2) is 6.78. The van der Waals surface area contributed by atoms with Gasteiger partial charge in [0.15, 0.2) is 0 Å². The molecule has 1 aliphatic carbocycles. The Bertz CT molecular complexity index is 450. The van der Waals surface area contributed by atoms with Crippen molar-refractivity contribution in [1.29, 1.82) is 0 Å². The number of carbonyl (C=O) groups excluding carboxylic acids is 1. The molecule has 0 aromatic heterocycles. The molecule has 0 heterocycles. The van der Waals surface area contributed by atoms with E-state index in [-0.39, 0.29) is 5.91 Å². The second-order valence-corrected chi connectivity index (χ2v) is 6.18.